The highest BCUT2D eigenvalue weighted by atomic mass is 16.5. The molecule has 2 rings (SSSR count). The summed E-state index contributed by atoms with van der Waals surface area (Å²) in [5, 5.41) is 3.02. The summed E-state index contributed by atoms with van der Waals surface area (Å²) < 4.78 is 10.6. The van der Waals surface area contributed by atoms with Gasteiger partial charge in [0.25, 0.3) is 5.91 Å². The summed E-state index contributed by atoms with van der Waals surface area (Å²) in [7, 11) is 1.61. The monoisotopic (exact) mass is 364 g/mol. The van der Waals surface area contributed by atoms with Gasteiger partial charge < -0.3 is 19.4 Å². The SMILES string of the molecule is COCC(C)(C)C(=O)N1CCC(C)(CNC(=O)c2ccoc2C(C)C)C1. The van der Waals surface area contributed by atoms with Gasteiger partial charge in [-0.05, 0) is 26.3 Å². The number of hydrogen-bond acceptors (Lipinski definition) is 4. The number of rotatable bonds is 7. The number of amides is 2. The Kier molecular flexibility index (Phi) is 6.17. The number of hydrogen-bond donors (Lipinski definition) is 1. The maximum Gasteiger partial charge on any atom is 0.254 e. The van der Waals surface area contributed by atoms with Crippen LogP contribution in [-0.2, 0) is 9.53 Å². The summed E-state index contributed by atoms with van der Waals surface area (Å²) >= 11 is 0. The van der Waals surface area contributed by atoms with Crippen LogP contribution in [0.1, 0.15) is 63.1 Å². The summed E-state index contributed by atoms with van der Waals surface area (Å²) in [6, 6.07) is 1.71. The van der Waals surface area contributed by atoms with Crippen molar-refractivity contribution in [3.8, 4) is 0 Å². The first-order valence-electron chi connectivity index (χ1n) is 9.23. The van der Waals surface area contributed by atoms with Gasteiger partial charge >= 0.3 is 0 Å². The molecule has 0 aromatic carbocycles. The first-order valence-corrected chi connectivity index (χ1v) is 9.23. The molecule has 146 valence electrons. The molecule has 2 amide bonds. The first kappa shape index (κ1) is 20.5. The van der Waals surface area contributed by atoms with Crippen LogP contribution in [0.4, 0.5) is 0 Å². The fourth-order valence-corrected chi connectivity index (χ4v) is 3.54. The third kappa shape index (κ3) is 4.47. The van der Waals surface area contributed by atoms with Crippen molar-refractivity contribution in [2.45, 2.75) is 47.0 Å². The number of carbonyl (C=O) groups is 2. The lowest BCUT2D eigenvalue weighted by molar-refractivity contribution is -0.142. The molecule has 0 saturated carbocycles. The molecule has 6 heteroatoms. The standard InChI is InChI=1S/C20H32N2O4/c1-14(2)16-15(7-10-26-16)17(23)21-11-20(5)8-9-22(12-20)18(24)19(3,4)13-25-6/h7,10,14H,8-9,11-13H2,1-6H3,(H,21,23). The molecule has 2 heterocycles. The zero-order chi connectivity index (χ0) is 19.5. The molecule has 1 aromatic heterocycles. The summed E-state index contributed by atoms with van der Waals surface area (Å²) in [5.41, 5.74) is -0.0710. The fourth-order valence-electron chi connectivity index (χ4n) is 3.54. The number of methoxy groups -OCH3 is 1. The lowest BCUT2D eigenvalue weighted by Gasteiger charge is -2.30. The maximum absolute atomic E-state index is 12.7. The highest BCUT2D eigenvalue weighted by Gasteiger charge is 2.41. The average molecular weight is 364 g/mol. The Balaban J connectivity index is 1.95. The Morgan fingerprint density at radius 2 is 2.12 bits per heavy atom. The average Bonchev–Trinajstić information content (AvgIpc) is 3.19. The van der Waals surface area contributed by atoms with Crippen LogP contribution in [0.3, 0.4) is 0 Å². The zero-order valence-corrected chi connectivity index (χ0v) is 16.8. The van der Waals surface area contributed by atoms with Crippen molar-refractivity contribution >= 4 is 11.8 Å². The summed E-state index contributed by atoms with van der Waals surface area (Å²) in [4.78, 5) is 27.1. The predicted octanol–water partition coefficient (Wildman–Crippen LogP) is 3.04. The second-order valence-corrected chi connectivity index (χ2v) is 8.64. The minimum atomic E-state index is -0.536. The quantitative estimate of drug-likeness (QED) is 0.807. The third-order valence-corrected chi connectivity index (χ3v) is 5.07. The number of nitrogens with one attached hydrogen (secondary N) is 1. The van der Waals surface area contributed by atoms with Crippen LogP contribution in [0, 0.1) is 10.8 Å². The minimum absolute atomic E-state index is 0.103. The second kappa shape index (κ2) is 7.82. The van der Waals surface area contributed by atoms with E-state index in [-0.39, 0.29) is 23.1 Å². The minimum Gasteiger partial charge on any atom is -0.468 e. The fraction of sp³-hybridized carbons (Fsp3) is 0.700. The van der Waals surface area contributed by atoms with Crippen LogP contribution in [-0.4, -0.2) is 50.1 Å². The van der Waals surface area contributed by atoms with E-state index in [9.17, 15) is 9.59 Å². The smallest absolute Gasteiger partial charge is 0.254 e. The van der Waals surface area contributed by atoms with Gasteiger partial charge in [-0.15, -0.1) is 0 Å². The summed E-state index contributed by atoms with van der Waals surface area (Å²) in [6.07, 6.45) is 2.42. The van der Waals surface area contributed by atoms with E-state index in [4.69, 9.17) is 9.15 Å². The number of ether oxygens (including phenoxy) is 1. The molecule has 26 heavy (non-hydrogen) atoms. The lowest BCUT2D eigenvalue weighted by atomic mass is 9.89. The summed E-state index contributed by atoms with van der Waals surface area (Å²) in [5.74, 6) is 0.848. The van der Waals surface area contributed by atoms with Crippen LogP contribution in [0.15, 0.2) is 16.7 Å². The van der Waals surface area contributed by atoms with Gasteiger partial charge in [0.15, 0.2) is 0 Å². The molecule has 1 N–H and O–H groups in total. The molecular weight excluding hydrogens is 332 g/mol. The predicted molar refractivity (Wildman–Crippen MR) is 100 cm³/mol. The Morgan fingerprint density at radius 1 is 1.42 bits per heavy atom. The highest BCUT2D eigenvalue weighted by Crippen LogP contribution is 2.32. The zero-order valence-electron chi connectivity index (χ0n) is 16.8. The van der Waals surface area contributed by atoms with Gasteiger partial charge in [-0.3, -0.25) is 9.59 Å². The molecule has 0 bridgehead atoms. The van der Waals surface area contributed by atoms with E-state index in [1.165, 1.54) is 0 Å². The molecule has 0 aliphatic carbocycles. The van der Waals surface area contributed by atoms with Crippen molar-refractivity contribution in [2.24, 2.45) is 10.8 Å². The highest BCUT2D eigenvalue weighted by molar-refractivity contribution is 5.95. The molecular formula is C20H32N2O4. The molecule has 1 atom stereocenters. The van der Waals surface area contributed by atoms with Crippen molar-refractivity contribution in [3.05, 3.63) is 23.7 Å². The second-order valence-electron chi connectivity index (χ2n) is 8.64. The van der Waals surface area contributed by atoms with Gasteiger partial charge in [0.2, 0.25) is 5.91 Å². The van der Waals surface area contributed by atoms with E-state index in [1.807, 2.05) is 32.6 Å². The number of carbonyl (C=O) groups excluding carboxylic acids is 2. The molecule has 1 aromatic rings. The van der Waals surface area contributed by atoms with Crippen molar-refractivity contribution in [1.82, 2.24) is 10.2 Å². The topological polar surface area (TPSA) is 71.8 Å². The van der Waals surface area contributed by atoms with E-state index in [0.29, 0.717) is 37.6 Å². The Labute approximate surface area is 156 Å². The van der Waals surface area contributed by atoms with Crippen LogP contribution < -0.4 is 5.32 Å². The van der Waals surface area contributed by atoms with E-state index < -0.39 is 5.41 Å². The molecule has 1 aliphatic rings. The number of nitrogens with zero attached hydrogens (tertiary/aromatic N) is 1. The van der Waals surface area contributed by atoms with Crippen LogP contribution >= 0.6 is 0 Å². The van der Waals surface area contributed by atoms with Gasteiger partial charge in [-0.25, -0.2) is 0 Å². The molecule has 0 radical (unpaired) electrons. The van der Waals surface area contributed by atoms with Gasteiger partial charge in [-0.2, -0.15) is 0 Å². The Hall–Kier alpha value is -1.82. The van der Waals surface area contributed by atoms with Gasteiger partial charge in [0.05, 0.1) is 23.8 Å². The van der Waals surface area contributed by atoms with Crippen LogP contribution in [0.25, 0.3) is 0 Å². The van der Waals surface area contributed by atoms with Crippen molar-refractivity contribution in [1.29, 1.82) is 0 Å². The van der Waals surface area contributed by atoms with Crippen molar-refractivity contribution < 1.29 is 18.7 Å². The normalized spacial score (nSPS) is 20.7. The van der Waals surface area contributed by atoms with Crippen LogP contribution in [0.2, 0.25) is 0 Å². The molecule has 0 spiro atoms. The molecule has 6 nitrogen and oxygen atoms in total. The van der Waals surface area contributed by atoms with E-state index >= 15 is 0 Å². The van der Waals surface area contributed by atoms with Crippen LogP contribution in [0.5, 0.6) is 0 Å². The van der Waals surface area contributed by atoms with Gasteiger partial charge in [-0.1, -0.05) is 20.8 Å². The summed E-state index contributed by atoms with van der Waals surface area (Å²) in [6.45, 7) is 12.2. The van der Waals surface area contributed by atoms with E-state index in [0.717, 1.165) is 6.42 Å². The Morgan fingerprint density at radius 3 is 2.73 bits per heavy atom. The largest absolute Gasteiger partial charge is 0.468 e. The number of furan rings is 1. The van der Waals surface area contributed by atoms with E-state index in [2.05, 4.69) is 12.2 Å². The first-order chi connectivity index (χ1) is 12.1. The molecule has 1 saturated heterocycles. The van der Waals surface area contributed by atoms with Gasteiger partial charge in [0, 0.05) is 38.1 Å². The van der Waals surface area contributed by atoms with E-state index in [1.54, 1.807) is 19.4 Å². The lowest BCUT2D eigenvalue weighted by Crippen LogP contribution is -2.44. The third-order valence-electron chi connectivity index (χ3n) is 5.07. The Bertz CT molecular complexity index is 650. The molecule has 1 unspecified atom stereocenters. The van der Waals surface area contributed by atoms with Gasteiger partial charge in [0.1, 0.15) is 5.76 Å². The maximum atomic E-state index is 12.7. The molecule has 1 fully saturated rings. The van der Waals surface area contributed by atoms with Crippen molar-refractivity contribution in [2.75, 3.05) is 33.4 Å². The number of likely N-dealkylation sites (tertiary alicyclic amines) is 1. The molecule has 1 aliphatic heterocycles. The van der Waals surface area contributed by atoms with Crippen molar-refractivity contribution in [3.63, 3.8) is 0 Å².